The summed E-state index contributed by atoms with van der Waals surface area (Å²) in [7, 11) is 1.11. The topological polar surface area (TPSA) is 236 Å². The summed E-state index contributed by atoms with van der Waals surface area (Å²) in [5.41, 5.74) is 0.0960. The highest BCUT2D eigenvalue weighted by Gasteiger charge is 2.48. The number of allylic oxidation sites excluding steroid dienone is 1. The highest BCUT2D eigenvalue weighted by molar-refractivity contribution is 5.90. The van der Waals surface area contributed by atoms with Gasteiger partial charge in [0.1, 0.15) is 31.0 Å². The molecular formula is C27H38O15. The molecule has 1 saturated heterocycles. The third-order valence-electron chi connectivity index (χ3n) is 8.17. The van der Waals surface area contributed by atoms with E-state index in [1.54, 1.807) is 13.8 Å². The summed E-state index contributed by atoms with van der Waals surface area (Å²) in [5, 5.41) is 59.3. The zero-order valence-electron chi connectivity index (χ0n) is 23.4. The van der Waals surface area contributed by atoms with Crippen LogP contribution in [-0.4, -0.2) is 112 Å². The van der Waals surface area contributed by atoms with Crippen molar-refractivity contribution < 1.29 is 73.5 Å². The summed E-state index contributed by atoms with van der Waals surface area (Å²) in [6.45, 7) is 2.01. The van der Waals surface area contributed by atoms with Gasteiger partial charge in [0.2, 0.25) is 6.29 Å². The van der Waals surface area contributed by atoms with Gasteiger partial charge in [-0.15, -0.1) is 0 Å². The van der Waals surface area contributed by atoms with Crippen molar-refractivity contribution in [3.8, 4) is 0 Å². The van der Waals surface area contributed by atoms with Crippen LogP contribution in [0.15, 0.2) is 23.5 Å². The number of aliphatic carboxylic acids is 2. The highest BCUT2D eigenvalue weighted by atomic mass is 16.8. The largest absolute Gasteiger partial charge is 0.481 e. The van der Waals surface area contributed by atoms with Gasteiger partial charge in [0.05, 0.1) is 43.8 Å². The first-order valence-electron chi connectivity index (χ1n) is 13.5. The number of carbonyl (C=O) groups is 4. The fourth-order valence-electron chi connectivity index (χ4n) is 5.83. The van der Waals surface area contributed by atoms with E-state index in [1.165, 1.54) is 6.08 Å². The lowest BCUT2D eigenvalue weighted by Gasteiger charge is -2.41. The Kier molecular flexibility index (Phi) is 11.5. The number of carboxylic acids is 2. The average Bonchev–Trinajstić information content (AvgIpc) is 3.33. The molecule has 2 heterocycles. The molecule has 3 aliphatic rings. The number of aliphatic hydroxyl groups excluding tert-OH is 4. The van der Waals surface area contributed by atoms with Crippen LogP contribution in [-0.2, 0) is 42.9 Å². The van der Waals surface area contributed by atoms with Crippen molar-refractivity contribution in [1.82, 2.24) is 0 Å². The van der Waals surface area contributed by atoms with Crippen LogP contribution in [0.5, 0.6) is 0 Å². The predicted octanol–water partition coefficient (Wildman–Crippen LogP) is -0.840. The maximum absolute atomic E-state index is 13.0. The minimum atomic E-state index is -1.75. The molecule has 2 fully saturated rings. The van der Waals surface area contributed by atoms with Gasteiger partial charge in [-0.3, -0.25) is 14.4 Å². The fourth-order valence-corrected chi connectivity index (χ4v) is 5.83. The third kappa shape index (κ3) is 7.10. The Balaban J connectivity index is 1.77. The van der Waals surface area contributed by atoms with Gasteiger partial charge in [0.15, 0.2) is 6.29 Å². The van der Waals surface area contributed by atoms with Crippen LogP contribution in [0.25, 0.3) is 0 Å². The molecule has 3 rings (SSSR count). The van der Waals surface area contributed by atoms with Crippen LogP contribution in [0.2, 0.25) is 0 Å². The van der Waals surface area contributed by atoms with Gasteiger partial charge in [-0.25, -0.2) is 4.79 Å². The van der Waals surface area contributed by atoms with Crippen LogP contribution >= 0.6 is 0 Å². The van der Waals surface area contributed by atoms with Gasteiger partial charge >= 0.3 is 23.9 Å². The van der Waals surface area contributed by atoms with Gasteiger partial charge < -0.3 is 54.3 Å². The lowest BCUT2D eigenvalue weighted by molar-refractivity contribution is -0.327. The number of esters is 2. The third-order valence-corrected chi connectivity index (χ3v) is 8.17. The molecule has 0 bridgehead atoms. The molecule has 6 N–H and O–H groups in total. The molecule has 0 aromatic heterocycles. The molecule has 236 valence electrons. The van der Waals surface area contributed by atoms with Crippen molar-refractivity contribution in [2.24, 2.45) is 29.6 Å². The minimum Gasteiger partial charge on any atom is -0.481 e. The number of ether oxygens (including phenoxy) is 5. The number of carboxylic acid groups (broad SMARTS) is 2. The van der Waals surface area contributed by atoms with Gasteiger partial charge in [-0.1, -0.05) is 13.0 Å². The molecule has 0 aromatic rings. The molecule has 0 spiro atoms. The van der Waals surface area contributed by atoms with Gasteiger partial charge in [0.25, 0.3) is 0 Å². The molecule has 0 radical (unpaired) electrons. The normalized spacial score (nSPS) is 36.5. The van der Waals surface area contributed by atoms with Crippen molar-refractivity contribution >= 4 is 23.9 Å². The fraction of sp³-hybridized carbons (Fsp3) is 0.704. The minimum absolute atomic E-state index is 0.0958. The monoisotopic (exact) mass is 602 g/mol. The Morgan fingerprint density at radius 2 is 1.79 bits per heavy atom. The summed E-state index contributed by atoms with van der Waals surface area (Å²) >= 11 is 0. The summed E-state index contributed by atoms with van der Waals surface area (Å²) in [6, 6.07) is 0. The summed E-state index contributed by atoms with van der Waals surface area (Å²) < 4.78 is 26.7. The number of hydrogen-bond donors (Lipinski definition) is 6. The van der Waals surface area contributed by atoms with Crippen molar-refractivity contribution in [2.75, 3.05) is 20.3 Å². The average molecular weight is 603 g/mol. The Morgan fingerprint density at radius 3 is 2.36 bits per heavy atom. The van der Waals surface area contributed by atoms with Crippen LogP contribution in [0.4, 0.5) is 0 Å². The summed E-state index contributed by atoms with van der Waals surface area (Å²) in [6.07, 6.45) is -6.48. The molecule has 1 saturated carbocycles. The van der Waals surface area contributed by atoms with E-state index in [0.717, 1.165) is 13.4 Å². The van der Waals surface area contributed by atoms with Gasteiger partial charge in [-0.2, -0.15) is 0 Å². The van der Waals surface area contributed by atoms with E-state index in [0.29, 0.717) is 12.8 Å². The van der Waals surface area contributed by atoms with Crippen molar-refractivity contribution in [3.63, 3.8) is 0 Å². The Bertz CT molecular complexity index is 1070. The van der Waals surface area contributed by atoms with Crippen molar-refractivity contribution in [2.45, 2.75) is 70.1 Å². The SMILES string of the molecule is C/C=C1/[C@H](O[C@@H]2O[C@H](CO)[C@H](O)[C@@H](O)[C@H]2O)OC=C(C(=O)OC)[C@H]1CC(=O)OC[C@@H](C(=O)O)[C@H]1CC[C@H](C)[C@H]1C(=O)O. The number of aliphatic hydroxyl groups is 4. The first-order valence-corrected chi connectivity index (χ1v) is 13.5. The maximum atomic E-state index is 13.0. The molecule has 15 nitrogen and oxygen atoms in total. The predicted molar refractivity (Wildman–Crippen MR) is 137 cm³/mol. The summed E-state index contributed by atoms with van der Waals surface area (Å²) in [4.78, 5) is 49.3. The van der Waals surface area contributed by atoms with E-state index in [1.807, 2.05) is 0 Å². The molecule has 42 heavy (non-hydrogen) atoms. The zero-order chi connectivity index (χ0) is 31.3. The molecule has 11 atom stereocenters. The van der Waals surface area contributed by atoms with E-state index in [9.17, 15) is 49.8 Å². The first-order chi connectivity index (χ1) is 19.9. The van der Waals surface area contributed by atoms with Crippen molar-refractivity contribution in [3.05, 3.63) is 23.5 Å². The van der Waals surface area contributed by atoms with Gasteiger partial charge in [0, 0.05) is 11.5 Å². The first kappa shape index (κ1) is 33.4. The van der Waals surface area contributed by atoms with Crippen LogP contribution < -0.4 is 0 Å². The quantitative estimate of drug-likeness (QED) is 0.125. The molecule has 0 unspecified atom stereocenters. The second-order valence-corrected chi connectivity index (χ2v) is 10.6. The van der Waals surface area contributed by atoms with Crippen LogP contribution in [0, 0.1) is 29.6 Å². The lowest BCUT2D eigenvalue weighted by atomic mass is 9.81. The highest BCUT2D eigenvalue weighted by Crippen LogP contribution is 2.42. The molecule has 1 aliphatic carbocycles. The second kappa shape index (κ2) is 14.4. The van der Waals surface area contributed by atoms with E-state index in [-0.39, 0.29) is 17.1 Å². The van der Waals surface area contributed by atoms with Crippen LogP contribution in [0.3, 0.4) is 0 Å². The Hall–Kier alpha value is -3.08. The smallest absolute Gasteiger partial charge is 0.337 e. The number of hydrogen-bond acceptors (Lipinski definition) is 13. The van der Waals surface area contributed by atoms with E-state index < -0.39 is 104 Å². The van der Waals surface area contributed by atoms with Gasteiger partial charge in [-0.05, 0) is 31.6 Å². The van der Waals surface area contributed by atoms with E-state index in [2.05, 4.69) is 0 Å². The molecular weight excluding hydrogens is 564 g/mol. The molecule has 0 aromatic carbocycles. The number of rotatable bonds is 11. The molecule has 15 heteroatoms. The number of carbonyl (C=O) groups excluding carboxylic acids is 2. The number of methoxy groups -OCH3 is 1. The van der Waals surface area contributed by atoms with Crippen LogP contribution in [0.1, 0.15) is 33.1 Å². The summed E-state index contributed by atoms with van der Waals surface area (Å²) in [5.74, 6) is -8.33. The van der Waals surface area contributed by atoms with Crippen molar-refractivity contribution in [1.29, 1.82) is 0 Å². The standard InChI is InChI=1S/C27H38O15/c1-4-12-14(7-18(29)39-9-15(23(33)34)13-6-5-11(2)19(13)24(35)36)16(25(37)38-3)10-40-26(12)42-27-22(32)21(31)20(30)17(8-28)41-27/h4,10-11,13-15,17,19-22,26-28,30-32H,5-9H2,1-3H3,(H,33,34)(H,35,36)/b12-4+/t11-,13+,14-,15+,17+,19+,20-,21+,22+,26-,27-/m0/s1. The molecule has 0 amide bonds. The zero-order valence-corrected chi connectivity index (χ0v) is 23.4. The second-order valence-electron chi connectivity index (χ2n) is 10.6. The van der Waals surface area contributed by atoms with E-state index >= 15 is 0 Å². The van der Waals surface area contributed by atoms with E-state index in [4.69, 9.17) is 23.7 Å². The Morgan fingerprint density at radius 1 is 1.10 bits per heavy atom. The maximum Gasteiger partial charge on any atom is 0.337 e. The molecule has 2 aliphatic heterocycles. The Labute approximate surface area is 241 Å². The lowest BCUT2D eigenvalue weighted by Crippen LogP contribution is -2.60.